The van der Waals surface area contributed by atoms with Gasteiger partial charge in [-0.3, -0.25) is 0 Å². The topological polar surface area (TPSA) is 97.6 Å². The van der Waals surface area contributed by atoms with Crippen LogP contribution in [0.5, 0.6) is 6.01 Å². The number of rotatable bonds is 0. The van der Waals surface area contributed by atoms with Gasteiger partial charge in [-0.1, -0.05) is 0 Å². The number of hydrogen-bond acceptors (Lipinski definition) is 7. The van der Waals surface area contributed by atoms with Crippen molar-refractivity contribution in [3.05, 3.63) is 31.1 Å². The van der Waals surface area contributed by atoms with Gasteiger partial charge in [-0.05, 0) is 11.3 Å². The van der Waals surface area contributed by atoms with Gasteiger partial charge in [-0.2, -0.15) is 9.97 Å². The predicted molar refractivity (Wildman–Crippen MR) is 41.3 cm³/mol. The van der Waals surface area contributed by atoms with Gasteiger partial charge in [0.2, 0.25) is 0 Å². The molecule has 1 N–H and O–H groups in total. The lowest BCUT2D eigenvalue weighted by Crippen LogP contribution is -1.78. The van der Waals surface area contributed by atoms with Crippen LogP contribution in [-0.2, 0) is 0 Å². The molecule has 2 aromatic heterocycles. The Morgan fingerprint density at radius 2 is 1.62 bits per heavy atom. The molecule has 0 saturated heterocycles. The molecule has 0 atom stereocenters. The van der Waals surface area contributed by atoms with Crippen LogP contribution in [0.25, 0.3) is 0 Å². The van der Waals surface area contributed by atoms with E-state index in [1.165, 1.54) is 12.7 Å². The highest BCUT2D eigenvalue weighted by Crippen LogP contribution is 1.86. The van der Waals surface area contributed by atoms with Gasteiger partial charge in [-0.15, -0.1) is 10.2 Å². The van der Waals surface area contributed by atoms with E-state index in [2.05, 4.69) is 30.4 Å². The fourth-order valence-corrected chi connectivity index (χ4v) is 0.438. The van der Waals surface area contributed by atoms with Crippen LogP contribution in [-0.4, -0.2) is 35.5 Å². The molecule has 0 aliphatic rings. The molecule has 0 radical (unpaired) electrons. The average Bonchev–Trinajstić information content (AvgIpc) is 2.22. The molecule has 0 aliphatic heterocycles. The maximum atomic E-state index is 8.37. The van der Waals surface area contributed by atoms with Gasteiger partial charge in [0.25, 0.3) is 0 Å². The van der Waals surface area contributed by atoms with E-state index < -0.39 is 0 Å². The van der Waals surface area contributed by atoms with Crippen molar-refractivity contribution in [1.82, 2.24) is 30.4 Å². The summed E-state index contributed by atoms with van der Waals surface area (Å²) in [5.41, 5.74) is 0. The summed E-state index contributed by atoms with van der Waals surface area (Å²) in [4.78, 5) is 10.1. The summed E-state index contributed by atoms with van der Waals surface area (Å²) >= 11 is 0. The predicted octanol–water partition coefficient (Wildman–Crippen LogP) is -0.551. The van der Waals surface area contributed by atoms with E-state index in [-0.39, 0.29) is 6.01 Å². The van der Waals surface area contributed by atoms with E-state index in [4.69, 9.17) is 5.11 Å². The third-order valence-electron chi connectivity index (χ3n) is 0.888. The lowest BCUT2D eigenvalue weighted by molar-refractivity contribution is 0.427. The maximum Gasteiger partial charge on any atom is 0.316 e. The summed E-state index contributed by atoms with van der Waals surface area (Å²) in [7, 11) is 0. The zero-order chi connectivity index (χ0) is 9.36. The number of nitrogens with zero attached hydrogens (tertiary/aromatic N) is 6. The largest absolute Gasteiger partial charge is 0.479 e. The Morgan fingerprint density at radius 1 is 1.00 bits per heavy atom. The van der Waals surface area contributed by atoms with Crippen LogP contribution in [0.1, 0.15) is 0 Å². The summed E-state index contributed by atoms with van der Waals surface area (Å²) in [6.45, 7) is 0. The second-order valence-electron chi connectivity index (χ2n) is 1.75. The molecule has 2 heterocycles. The monoisotopic (exact) mass is 178 g/mol. The normalized spacial score (nSPS) is 8.31. The number of aromatic hydroxyl groups is 1. The van der Waals surface area contributed by atoms with Gasteiger partial charge in [0, 0.05) is 0 Å². The fourth-order valence-electron chi connectivity index (χ4n) is 0.438. The van der Waals surface area contributed by atoms with E-state index in [9.17, 15) is 0 Å². The smallest absolute Gasteiger partial charge is 0.316 e. The molecule has 13 heavy (non-hydrogen) atoms. The number of hydrogen-bond donors (Lipinski definition) is 1. The van der Waals surface area contributed by atoms with Gasteiger partial charge in [0.15, 0.2) is 0 Å². The average molecular weight is 178 g/mol. The first kappa shape index (κ1) is 8.91. The molecule has 7 heteroatoms. The highest BCUT2D eigenvalue weighted by molar-refractivity contribution is 4.81. The molecule has 0 saturated carbocycles. The van der Waals surface area contributed by atoms with Crippen LogP contribution in [0.2, 0.25) is 0 Å². The zero-order valence-corrected chi connectivity index (χ0v) is 6.52. The minimum Gasteiger partial charge on any atom is -0.479 e. The van der Waals surface area contributed by atoms with E-state index in [1.54, 1.807) is 18.5 Å². The molecule has 0 bridgehead atoms. The summed E-state index contributed by atoms with van der Waals surface area (Å²) in [6.07, 6.45) is 5.60. The van der Waals surface area contributed by atoms with Crippen LogP contribution >= 0.6 is 0 Å². The summed E-state index contributed by atoms with van der Waals surface area (Å²) in [6, 6.07) is 1.47. The Morgan fingerprint density at radius 3 is 1.85 bits per heavy atom. The maximum absolute atomic E-state index is 8.37. The van der Waals surface area contributed by atoms with Crippen molar-refractivity contribution >= 4 is 0 Å². The van der Waals surface area contributed by atoms with Crippen molar-refractivity contribution in [2.24, 2.45) is 0 Å². The number of aromatic nitrogens is 6. The minimum absolute atomic E-state index is 0.241. The van der Waals surface area contributed by atoms with Gasteiger partial charge in [0.1, 0.15) is 12.7 Å². The van der Waals surface area contributed by atoms with Crippen molar-refractivity contribution in [2.45, 2.75) is 0 Å². The molecule has 66 valence electrons. The summed E-state index contributed by atoms with van der Waals surface area (Å²) < 4.78 is 0. The standard InChI is InChI=1S/C3H3N3O.C3H3N3/c7-3-5-1-4-2-6-3;1-2-4-6-5-3-1/h1-2H,(H,4,5,6,7);1-3H. The highest BCUT2D eigenvalue weighted by atomic mass is 16.3. The molecule has 0 aliphatic carbocycles. The van der Waals surface area contributed by atoms with Gasteiger partial charge in [0.05, 0.1) is 12.4 Å². The Hall–Kier alpha value is -2.18. The molecule has 7 nitrogen and oxygen atoms in total. The minimum atomic E-state index is -0.241. The molecule has 2 rings (SSSR count). The van der Waals surface area contributed by atoms with Crippen LogP contribution in [0.3, 0.4) is 0 Å². The molecular weight excluding hydrogens is 172 g/mol. The van der Waals surface area contributed by atoms with E-state index in [0.29, 0.717) is 0 Å². The van der Waals surface area contributed by atoms with Crippen LogP contribution < -0.4 is 0 Å². The second-order valence-corrected chi connectivity index (χ2v) is 1.75. The molecular formula is C6H6N6O. The molecule has 0 unspecified atom stereocenters. The zero-order valence-electron chi connectivity index (χ0n) is 6.52. The van der Waals surface area contributed by atoms with Crippen molar-refractivity contribution in [2.75, 3.05) is 0 Å². The van der Waals surface area contributed by atoms with Crippen LogP contribution in [0.4, 0.5) is 0 Å². The van der Waals surface area contributed by atoms with Crippen molar-refractivity contribution in [1.29, 1.82) is 0 Å². The van der Waals surface area contributed by atoms with Crippen molar-refractivity contribution < 1.29 is 5.11 Å². The molecule has 0 spiro atoms. The third-order valence-corrected chi connectivity index (χ3v) is 0.888. The van der Waals surface area contributed by atoms with Gasteiger partial charge in [-0.25, -0.2) is 4.98 Å². The molecule has 0 amide bonds. The Bertz CT molecular complexity index is 288. The van der Waals surface area contributed by atoms with Crippen LogP contribution in [0, 0.1) is 0 Å². The van der Waals surface area contributed by atoms with Crippen molar-refractivity contribution in [3.63, 3.8) is 0 Å². The second kappa shape index (κ2) is 5.47. The van der Waals surface area contributed by atoms with E-state index in [0.717, 1.165) is 0 Å². The SMILES string of the molecule is Oc1ncncn1.c1cnnnc1. The molecule has 2 aromatic rings. The fraction of sp³-hybridized carbons (Fsp3) is 0. The first-order valence-electron chi connectivity index (χ1n) is 3.29. The van der Waals surface area contributed by atoms with E-state index >= 15 is 0 Å². The van der Waals surface area contributed by atoms with Crippen LogP contribution in [0.15, 0.2) is 31.1 Å². The Kier molecular flexibility index (Phi) is 3.75. The quantitative estimate of drug-likeness (QED) is 0.577. The van der Waals surface area contributed by atoms with E-state index in [1.807, 2.05) is 0 Å². The first-order valence-corrected chi connectivity index (χ1v) is 3.29. The summed E-state index contributed by atoms with van der Waals surface area (Å²) in [5, 5.41) is 18.5. The first-order chi connectivity index (χ1) is 6.39. The Labute approximate surface area is 73.5 Å². The summed E-state index contributed by atoms with van der Waals surface area (Å²) in [5.74, 6) is 0. The molecule has 0 aromatic carbocycles. The molecule has 0 fully saturated rings. The van der Waals surface area contributed by atoms with Gasteiger partial charge >= 0.3 is 6.01 Å². The highest BCUT2D eigenvalue weighted by Gasteiger charge is 1.79. The Balaban J connectivity index is 0.000000132. The third kappa shape index (κ3) is 4.30. The lowest BCUT2D eigenvalue weighted by atomic mass is 10.7. The van der Waals surface area contributed by atoms with Crippen molar-refractivity contribution in [3.8, 4) is 6.01 Å². The van der Waals surface area contributed by atoms with Gasteiger partial charge < -0.3 is 5.11 Å². The lowest BCUT2D eigenvalue weighted by Gasteiger charge is -1.79.